The molecule has 1 unspecified atom stereocenters. The summed E-state index contributed by atoms with van der Waals surface area (Å²) in [5.74, 6) is 0.142. The highest BCUT2D eigenvalue weighted by Gasteiger charge is 2.14. The normalized spacial score (nSPS) is 12.5. The van der Waals surface area contributed by atoms with Crippen LogP contribution in [-0.2, 0) is 0 Å². The van der Waals surface area contributed by atoms with Gasteiger partial charge in [-0.05, 0) is 11.6 Å². The predicted octanol–water partition coefficient (Wildman–Crippen LogP) is 3.07. The van der Waals surface area contributed by atoms with Crippen molar-refractivity contribution in [2.45, 2.75) is 12.8 Å². The Balaban J connectivity index is 2.21. The second kappa shape index (κ2) is 4.69. The van der Waals surface area contributed by atoms with Crippen LogP contribution in [0, 0.1) is 0 Å². The zero-order valence-electron chi connectivity index (χ0n) is 10.6. The number of benzene rings is 2. The molecule has 0 bridgehead atoms. The average molecular weight is 250 g/mol. The minimum atomic E-state index is -0.139. The van der Waals surface area contributed by atoms with Gasteiger partial charge in [0, 0.05) is 11.3 Å². The van der Waals surface area contributed by atoms with Crippen molar-refractivity contribution in [3.63, 3.8) is 0 Å². The van der Waals surface area contributed by atoms with E-state index in [0.717, 1.165) is 11.1 Å². The van der Waals surface area contributed by atoms with Crippen LogP contribution in [0.4, 0.5) is 0 Å². The van der Waals surface area contributed by atoms with Crippen molar-refractivity contribution in [1.82, 2.24) is 10.2 Å². The molecule has 3 aromatic rings. The average Bonchev–Trinajstić information content (AvgIpc) is 2.48. The number of fused-ring (bicyclic) bond motifs is 1. The molecule has 0 spiro atoms. The van der Waals surface area contributed by atoms with Gasteiger partial charge in [-0.25, -0.2) is 5.10 Å². The van der Waals surface area contributed by atoms with E-state index in [1.54, 1.807) is 0 Å². The Hall–Kier alpha value is -2.42. The zero-order chi connectivity index (χ0) is 13.2. The molecular formula is C16H14N2O. The first-order chi connectivity index (χ1) is 9.27. The van der Waals surface area contributed by atoms with Gasteiger partial charge in [-0.15, -0.1) is 0 Å². The molecule has 1 N–H and O–H groups in total. The molecule has 0 saturated heterocycles. The van der Waals surface area contributed by atoms with E-state index in [0.29, 0.717) is 5.39 Å². The van der Waals surface area contributed by atoms with E-state index in [2.05, 4.69) is 29.3 Å². The molecule has 1 heterocycles. The lowest BCUT2D eigenvalue weighted by molar-refractivity contribution is 0.829. The van der Waals surface area contributed by atoms with Crippen molar-refractivity contribution < 1.29 is 0 Å². The van der Waals surface area contributed by atoms with E-state index in [9.17, 15) is 4.79 Å². The highest BCUT2D eigenvalue weighted by atomic mass is 16.1. The van der Waals surface area contributed by atoms with Crippen molar-refractivity contribution in [3.05, 3.63) is 76.2 Å². The van der Waals surface area contributed by atoms with Crippen LogP contribution >= 0.6 is 0 Å². The molecule has 3 rings (SSSR count). The van der Waals surface area contributed by atoms with Crippen LogP contribution in [0.25, 0.3) is 10.8 Å². The number of hydrogen-bond donors (Lipinski definition) is 1. The van der Waals surface area contributed by atoms with Gasteiger partial charge >= 0.3 is 0 Å². The Morgan fingerprint density at radius 2 is 1.58 bits per heavy atom. The summed E-state index contributed by atoms with van der Waals surface area (Å²) in [4.78, 5) is 11.8. The monoisotopic (exact) mass is 250 g/mol. The molecule has 0 fully saturated rings. The summed E-state index contributed by atoms with van der Waals surface area (Å²) in [5.41, 5.74) is 1.95. The van der Waals surface area contributed by atoms with Gasteiger partial charge in [0.1, 0.15) is 0 Å². The topological polar surface area (TPSA) is 45.8 Å². The molecule has 3 heteroatoms. The molecule has 0 aliphatic carbocycles. The van der Waals surface area contributed by atoms with E-state index in [1.165, 1.54) is 5.56 Å². The maximum Gasteiger partial charge on any atom is 0.272 e. The second-order valence-corrected chi connectivity index (χ2v) is 4.62. The second-order valence-electron chi connectivity index (χ2n) is 4.62. The van der Waals surface area contributed by atoms with Crippen LogP contribution in [-0.4, -0.2) is 10.2 Å². The number of rotatable bonds is 2. The van der Waals surface area contributed by atoms with E-state index < -0.39 is 0 Å². The number of H-pyrrole nitrogens is 1. The fourth-order valence-electron chi connectivity index (χ4n) is 2.37. The first-order valence-electron chi connectivity index (χ1n) is 6.29. The molecule has 2 aromatic carbocycles. The van der Waals surface area contributed by atoms with Gasteiger partial charge in [0.25, 0.3) is 5.56 Å². The molecule has 0 aliphatic heterocycles. The lowest BCUT2D eigenvalue weighted by Gasteiger charge is -2.13. The fourth-order valence-corrected chi connectivity index (χ4v) is 2.37. The van der Waals surface area contributed by atoms with Gasteiger partial charge in [-0.2, -0.15) is 5.10 Å². The number of nitrogens with one attached hydrogen (secondary N) is 1. The Labute approximate surface area is 110 Å². The van der Waals surface area contributed by atoms with Crippen LogP contribution in [0.1, 0.15) is 24.1 Å². The van der Waals surface area contributed by atoms with Crippen molar-refractivity contribution in [1.29, 1.82) is 0 Å². The summed E-state index contributed by atoms with van der Waals surface area (Å²) in [6.07, 6.45) is 0. The molecule has 0 saturated carbocycles. The van der Waals surface area contributed by atoms with E-state index >= 15 is 0 Å². The Bertz CT molecular complexity index is 762. The van der Waals surface area contributed by atoms with Crippen LogP contribution in [0.15, 0.2) is 59.4 Å². The van der Waals surface area contributed by atoms with Gasteiger partial charge in [-0.1, -0.05) is 55.5 Å². The van der Waals surface area contributed by atoms with Crippen molar-refractivity contribution in [3.8, 4) is 0 Å². The molecule has 0 radical (unpaired) electrons. The van der Waals surface area contributed by atoms with Gasteiger partial charge < -0.3 is 0 Å². The van der Waals surface area contributed by atoms with Gasteiger partial charge in [0.15, 0.2) is 0 Å². The molecule has 94 valence electrons. The summed E-state index contributed by atoms with van der Waals surface area (Å²) in [5, 5.41) is 8.44. The van der Waals surface area contributed by atoms with Crippen LogP contribution in [0.3, 0.4) is 0 Å². The van der Waals surface area contributed by atoms with Gasteiger partial charge in [0.2, 0.25) is 0 Å². The van der Waals surface area contributed by atoms with Crippen LogP contribution < -0.4 is 5.56 Å². The van der Waals surface area contributed by atoms with Crippen molar-refractivity contribution in [2.75, 3.05) is 0 Å². The van der Waals surface area contributed by atoms with Gasteiger partial charge in [-0.3, -0.25) is 4.79 Å². The Kier molecular flexibility index (Phi) is 2.88. The summed E-state index contributed by atoms with van der Waals surface area (Å²) >= 11 is 0. The Morgan fingerprint density at radius 3 is 2.32 bits per heavy atom. The van der Waals surface area contributed by atoms with E-state index in [1.807, 2.05) is 42.5 Å². The first kappa shape index (κ1) is 11.7. The molecule has 1 atom stereocenters. The SMILES string of the molecule is CC(c1ccccc1)c1n[nH]c(=O)c2ccccc12. The summed E-state index contributed by atoms with van der Waals surface area (Å²) in [6, 6.07) is 17.8. The third kappa shape index (κ3) is 2.03. The first-order valence-corrected chi connectivity index (χ1v) is 6.29. The summed E-state index contributed by atoms with van der Waals surface area (Å²) in [7, 11) is 0. The molecule has 0 amide bonds. The maximum absolute atomic E-state index is 11.8. The molecule has 1 aromatic heterocycles. The minimum Gasteiger partial charge on any atom is -0.267 e. The van der Waals surface area contributed by atoms with E-state index in [-0.39, 0.29) is 11.5 Å². The molecule has 3 nitrogen and oxygen atoms in total. The smallest absolute Gasteiger partial charge is 0.267 e. The number of nitrogens with zero attached hydrogens (tertiary/aromatic N) is 1. The Morgan fingerprint density at radius 1 is 0.947 bits per heavy atom. The van der Waals surface area contributed by atoms with Crippen molar-refractivity contribution in [2.24, 2.45) is 0 Å². The van der Waals surface area contributed by atoms with Crippen LogP contribution in [0.2, 0.25) is 0 Å². The minimum absolute atomic E-state index is 0.139. The fraction of sp³-hybridized carbons (Fsp3) is 0.125. The number of aromatic amines is 1. The third-order valence-electron chi connectivity index (χ3n) is 3.44. The number of aromatic nitrogens is 2. The lowest BCUT2D eigenvalue weighted by Crippen LogP contribution is -2.12. The highest BCUT2D eigenvalue weighted by molar-refractivity contribution is 5.84. The van der Waals surface area contributed by atoms with Crippen molar-refractivity contribution >= 4 is 10.8 Å². The van der Waals surface area contributed by atoms with Gasteiger partial charge in [0.05, 0.1) is 11.1 Å². The zero-order valence-corrected chi connectivity index (χ0v) is 10.6. The summed E-state index contributed by atoms with van der Waals surface area (Å²) < 4.78 is 0. The summed E-state index contributed by atoms with van der Waals surface area (Å²) in [6.45, 7) is 2.10. The largest absolute Gasteiger partial charge is 0.272 e. The maximum atomic E-state index is 11.8. The quantitative estimate of drug-likeness (QED) is 0.759. The molecule has 0 aliphatic rings. The van der Waals surface area contributed by atoms with E-state index in [4.69, 9.17) is 0 Å². The standard InChI is InChI=1S/C16H14N2O/c1-11(12-7-3-2-4-8-12)15-13-9-5-6-10-14(13)16(19)18-17-15/h2-11H,1H3,(H,18,19). The molecular weight excluding hydrogens is 236 g/mol. The highest BCUT2D eigenvalue weighted by Crippen LogP contribution is 2.26. The predicted molar refractivity (Wildman–Crippen MR) is 76.3 cm³/mol. The molecule has 19 heavy (non-hydrogen) atoms. The number of hydrogen-bond acceptors (Lipinski definition) is 2. The third-order valence-corrected chi connectivity index (χ3v) is 3.44. The lowest BCUT2D eigenvalue weighted by atomic mass is 9.94. The van der Waals surface area contributed by atoms with Crippen LogP contribution in [0.5, 0.6) is 0 Å².